The molecule has 2 aliphatic heterocycles. The Hall–Kier alpha value is -8.10. The maximum atomic E-state index is 14.7. The Morgan fingerprint density at radius 1 is 0.765 bits per heavy atom. The Morgan fingerprint density at radius 3 is 2.16 bits per heavy atom. The highest BCUT2D eigenvalue weighted by atomic mass is 16.5. The lowest BCUT2D eigenvalue weighted by molar-refractivity contribution is -0.165. The Morgan fingerprint density at radius 2 is 1.48 bits per heavy atom. The second-order valence-corrected chi connectivity index (χ2v) is 23.1. The van der Waals surface area contributed by atoms with Crippen molar-refractivity contribution in [3.8, 4) is 11.5 Å². The second kappa shape index (κ2) is 32.3. The van der Waals surface area contributed by atoms with Crippen LogP contribution in [0.15, 0.2) is 84.9 Å². The number of aryl methyl sites for hydroxylation is 1. The van der Waals surface area contributed by atoms with E-state index >= 15 is 0 Å². The summed E-state index contributed by atoms with van der Waals surface area (Å²) in [7, 11) is 7.53. The molecule has 3 aromatic rings. The van der Waals surface area contributed by atoms with Gasteiger partial charge in [-0.15, -0.1) is 0 Å². The van der Waals surface area contributed by atoms with Crippen molar-refractivity contribution in [3.63, 3.8) is 0 Å². The number of hydrogen-bond acceptors (Lipinski definition) is 14. The van der Waals surface area contributed by atoms with Crippen LogP contribution >= 0.6 is 0 Å². The number of ketones is 1. The highest BCUT2D eigenvalue weighted by Crippen LogP contribution is 2.33. The summed E-state index contributed by atoms with van der Waals surface area (Å²) in [5.41, 5.74) is 0.895. The zero-order valence-corrected chi connectivity index (χ0v) is 51.2. The van der Waals surface area contributed by atoms with E-state index in [-0.39, 0.29) is 64.0 Å². The minimum absolute atomic E-state index is 0.0480. The summed E-state index contributed by atoms with van der Waals surface area (Å²) < 4.78 is 22.7. The lowest BCUT2D eigenvalue weighted by Crippen LogP contribution is -2.59. The first kappa shape index (κ1) is 67.7. The van der Waals surface area contributed by atoms with Crippen LogP contribution in [0, 0.1) is 17.3 Å². The number of esters is 2. The van der Waals surface area contributed by atoms with Crippen LogP contribution in [0.3, 0.4) is 0 Å². The number of likely N-dealkylation sites (N-methyl/N-ethyl adjacent to an activating group) is 3. The van der Waals surface area contributed by atoms with Gasteiger partial charge in [0.1, 0.15) is 36.9 Å². The molecule has 2 bridgehead atoms. The zero-order chi connectivity index (χ0) is 62.5. The van der Waals surface area contributed by atoms with E-state index in [1.807, 2.05) is 51.1 Å². The smallest absolute Gasteiger partial charge is 0.330 e. The van der Waals surface area contributed by atoms with E-state index in [1.165, 1.54) is 74.9 Å². The number of methoxy groups -OCH3 is 2. The van der Waals surface area contributed by atoms with Crippen LogP contribution < -0.4 is 25.4 Å². The van der Waals surface area contributed by atoms with Gasteiger partial charge in [0.25, 0.3) is 5.91 Å². The number of carbonyl (C=O) groups is 10. The van der Waals surface area contributed by atoms with E-state index in [0.29, 0.717) is 48.4 Å². The van der Waals surface area contributed by atoms with Gasteiger partial charge < -0.3 is 54.5 Å². The molecule has 0 spiro atoms. The number of piperidine rings is 1. The van der Waals surface area contributed by atoms with Crippen LogP contribution in [-0.4, -0.2) is 164 Å². The van der Waals surface area contributed by atoms with Gasteiger partial charge >= 0.3 is 11.9 Å². The van der Waals surface area contributed by atoms with Crippen molar-refractivity contribution in [2.24, 2.45) is 17.3 Å². The number of cyclic esters (lactones) is 2. The molecule has 2 aliphatic rings. The highest BCUT2D eigenvalue weighted by Gasteiger charge is 2.43. The molecule has 7 amide bonds. The number of hydrogen-bond donors (Lipinski definition) is 3. The lowest BCUT2D eigenvalue weighted by Gasteiger charge is -2.36. The van der Waals surface area contributed by atoms with Crippen molar-refractivity contribution in [3.05, 3.63) is 102 Å². The van der Waals surface area contributed by atoms with Gasteiger partial charge in [0.05, 0.1) is 26.2 Å². The van der Waals surface area contributed by atoms with Gasteiger partial charge in [-0.05, 0) is 112 Å². The minimum Gasteiger partial charge on any atom is -0.493 e. The number of anilines is 1. The van der Waals surface area contributed by atoms with Crippen LogP contribution in [0.5, 0.6) is 11.5 Å². The number of fused-ring (bicyclic) bond motifs is 3. The number of Topliss-reactive ketones (excluding diaryl/α,β-unsaturated/α-hetero) is 1. The summed E-state index contributed by atoms with van der Waals surface area (Å²) in [6, 6.07) is 16.8. The molecule has 5 rings (SSSR count). The van der Waals surface area contributed by atoms with Gasteiger partial charge in [-0.25, -0.2) is 9.59 Å². The molecule has 0 aliphatic carbocycles. The van der Waals surface area contributed by atoms with Crippen molar-refractivity contribution in [1.29, 1.82) is 0 Å². The third-order valence-electron chi connectivity index (χ3n) is 15.6. The first-order valence-electron chi connectivity index (χ1n) is 29.3. The maximum Gasteiger partial charge on any atom is 0.330 e. The monoisotopic (exact) mass is 1180 g/mol. The van der Waals surface area contributed by atoms with Crippen LogP contribution in [0.2, 0.25) is 0 Å². The molecule has 462 valence electrons. The number of carbonyl (C=O) groups excluding carboxylic acids is 10. The van der Waals surface area contributed by atoms with Crippen molar-refractivity contribution in [1.82, 2.24) is 30.2 Å². The Bertz CT molecular complexity index is 2870. The first-order valence-corrected chi connectivity index (χ1v) is 29.3. The van der Waals surface area contributed by atoms with Crippen molar-refractivity contribution < 1.29 is 66.9 Å². The molecule has 3 N–H and O–H groups in total. The summed E-state index contributed by atoms with van der Waals surface area (Å²) >= 11 is 0. The van der Waals surface area contributed by atoms with Gasteiger partial charge in [-0.3, -0.25) is 38.4 Å². The predicted molar refractivity (Wildman–Crippen MR) is 319 cm³/mol. The largest absolute Gasteiger partial charge is 0.493 e. The van der Waals surface area contributed by atoms with Gasteiger partial charge in [0, 0.05) is 65.3 Å². The van der Waals surface area contributed by atoms with Crippen LogP contribution in [-0.2, 0) is 70.3 Å². The third kappa shape index (κ3) is 19.5. The molecule has 0 radical (unpaired) electrons. The van der Waals surface area contributed by atoms with Gasteiger partial charge in [-0.1, -0.05) is 88.7 Å². The fraction of sp³-hybridized carbons (Fsp3) is 0.531. The average molecular weight is 1180 g/mol. The molecule has 1 fully saturated rings. The van der Waals surface area contributed by atoms with E-state index in [2.05, 4.69) is 16.0 Å². The molecule has 6 atom stereocenters. The Balaban J connectivity index is 1.48. The molecule has 4 unspecified atom stereocenters. The molecule has 0 saturated carbocycles. The van der Waals surface area contributed by atoms with Crippen molar-refractivity contribution in [2.45, 2.75) is 142 Å². The minimum atomic E-state index is -1.50. The van der Waals surface area contributed by atoms with Crippen molar-refractivity contribution in [2.75, 3.05) is 66.9 Å². The second-order valence-electron chi connectivity index (χ2n) is 23.1. The summed E-state index contributed by atoms with van der Waals surface area (Å²) in [5, 5.41) is 8.47. The standard InChI is InChI=1S/C64H87N7O14/c1-12-42(4)57-60(78)65-39-55(74)68(7)33-18-17-26-56(75)84-40-64(5,6)58(76)62(80)71-34-19-16-25-48(71)63(81)85-50(29-27-44-28-30-51(82-10)52(37-44)83-11)45-23-20-24-46(38-45)66-53(72)31-32-54(73)69(8)49(35-41(2)3)59(77)67-47(61(79)70(57)9)36-43-21-14-13-15-22-43/h13-15,17,20-24,26,28,30,37-38,41-42,47-50,57H,12,16,18-19,25,27,29,31-36,39-40H2,1-11H3,(H,65,78)(H,66,72)(H,67,77)/b26-17-/t42?,47-,48?,49?,50-,57?/m1/s1. The van der Waals surface area contributed by atoms with E-state index in [9.17, 15) is 47.9 Å². The number of rotatable bonds is 11. The van der Waals surface area contributed by atoms with Crippen LogP contribution in [0.4, 0.5) is 5.69 Å². The fourth-order valence-electron chi connectivity index (χ4n) is 10.3. The predicted octanol–water partition coefficient (Wildman–Crippen LogP) is 6.17. The normalized spacial score (nSPS) is 22.8. The molecule has 85 heavy (non-hydrogen) atoms. The molecule has 2 heterocycles. The van der Waals surface area contributed by atoms with E-state index in [0.717, 1.165) is 17.2 Å². The Kier molecular flexibility index (Phi) is 25.7. The lowest BCUT2D eigenvalue weighted by atomic mass is 9.87. The number of benzene rings is 3. The topological polar surface area (TPSA) is 257 Å². The zero-order valence-electron chi connectivity index (χ0n) is 51.2. The SMILES string of the molecule is CCC(C)C1C(=O)NCC(=O)N(C)CC/C=C\C(=O)OCC(C)(C)C(=O)C(=O)N2CCCCC2C(=O)O[C@H](CCc2ccc(OC)c(OC)c2)c2cccc(c2)NC(=O)CCC(=O)N(C)C(CC(C)C)C(=O)N[C@H](Cc2ccccc2)C(=O)N1C. The molecule has 21 heteroatoms. The molecule has 1 saturated heterocycles. The summed E-state index contributed by atoms with van der Waals surface area (Å²) in [6.07, 6.45) is 4.01. The number of nitrogens with zero attached hydrogens (tertiary/aromatic N) is 4. The Labute approximate surface area is 499 Å². The molecule has 3 aromatic carbocycles. The summed E-state index contributed by atoms with van der Waals surface area (Å²) in [4.78, 5) is 145. The van der Waals surface area contributed by atoms with Gasteiger partial charge in [0.15, 0.2) is 11.5 Å². The number of nitrogens with one attached hydrogen (secondary N) is 3. The van der Waals surface area contributed by atoms with Crippen molar-refractivity contribution >= 4 is 64.8 Å². The summed E-state index contributed by atoms with van der Waals surface area (Å²) in [6.45, 7) is 9.77. The number of ether oxygens (including phenoxy) is 4. The van der Waals surface area contributed by atoms with Crippen LogP contribution in [0.1, 0.15) is 122 Å². The summed E-state index contributed by atoms with van der Waals surface area (Å²) in [5.74, 6) is -6.05. The quantitative estimate of drug-likeness (QED) is 0.143. The maximum absolute atomic E-state index is 14.7. The van der Waals surface area contributed by atoms with Gasteiger partial charge in [0.2, 0.25) is 41.2 Å². The fourth-order valence-corrected chi connectivity index (χ4v) is 10.3. The highest BCUT2D eigenvalue weighted by molar-refractivity contribution is 6.38. The molecule has 0 aromatic heterocycles. The number of amides is 7. The van der Waals surface area contributed by atoms with E-state index in [4.69, 9.17) is 18.9 Å². The van der Waals surface area contributed by atoms with Crippen LogP contribution in [0.25, 0.3) is 0 Å². The molecular formula is C64H87N7O14. The molecule has 21 nitrogen and oxygen atoms in total. The third-order valence-corrected chi connectivity index (χ3v) is 15.6. The average Bonchev–Trinajstić information content (AvgIpc) is 3.30. The first-order chi connectivity index (χ1) is 40.4. The van der Waals surface area contributed by atoms with E-state index in [1.54, 1.807) is 49.4 Å². The van der Waals surface area contributed by atoms with E-state index < -0.39 is 114 Å². The van der Waals surface area contributed by atoms with Gasteiger partial charge in [-0.2, -0.15) is 0 Å². The molecular weight excluding hydrogens is 1090 g/mol.